The van der Waals surface area contributed by atoms with E-state index < -0.39 is 0 Å². The minimum atomic E-state index is -0.308. The highest BCUT2D eigenvalue weighted by molar-refractivity contribution is 9.10. The Morgan fingerprint density at radius 2 is 1.70 bits per heavy atom. The standard InChI is InChI=1S/C36H35BrN4O5/c1-21(2)27-17-28(23(4)15-31(27)44-5)35-40-30-10-8-7-9-26(30)36(43)41(35)38-19-24-16-32(45-6)33(18-29(24)37)46-20-34(42)39-25-13-11-22(3)12-14-25/h7-19,21H,20H2,1-6H3,(H,39,42). The summed E-state index contributed by atoms with van der Waals surface area (Å²) in [6.07, 6.45) is 1.56. The molecule has 1 amide bonds. The van der Waals surface area contributed by atoms with Crippen molar-refractivity contribution < 1.29 is 19.0 Å². The number of hydrogen-bond acceptors (Lipinski definition) is 7. The summed E-state index contributed by atoms with van der Waals surface area (Å²) in [7, 11) is 3.16. The van der Waals surface area contributed by atoms with Crippen LogP contribution in [-0.4, -0.2) is 42.6 Å². The van der Waals surface area contributed by atoms with Crippen LogP contribution in [0.15, 0.2) is 87.2 Å². The Morgan fingerprint density at radius 3 is 2.39 bits per heavy atom. The van der Waals surface area contributed by atoms with Gasteiger partial charge in [0, 0.05) is 21.3 Å². The fourth-order valence-corrected chi connectivity index (χ4v) is 5.42. The van der Waals surface area contributed by atoms with Crippen LogP contribution in [0.1, 0.15) is 42.0 Å². The van der Waals surface area contributed by atoms with Crippen LogP contribution in [0.5, 0.6) is 17.2 Å². The number of para-hydroxylation sites is 1. The average Bonchev–Trinajstić information content (AvgIpc) is 3.04. The van der Waals surface area contributed by atoms with Crippen LogP contribution in [0.3, 0.4) is 0 Å². The number of aromatic nitrogens is 2. The summed E-state index contributed by atoms with van der Waals surface area (Å²) >= 11 is 3.58. The zero-order valence-corrected chi connectivity index (χ0v) is 28.1. The van der Waals surface area contributed by atoms with Gasteiger partial charge in [-0.3, -0.25) is 9.59 Å². The molecule has 0 bridgehead atoms. The summed E-state index contributed by atoms with van der Waals surface area (Å²) in [4.78, 5) is 31.3. The lowest BCUT2D eigenvalue weighted by Crippen LogP contribution is -2.21. The lowest BCUT2D eigenvalue weighted by Gasteiger charge is -2.17. The third-order valence-electron chi connectivity index (χ3n) is 7.48. The first-order chi connectivity index (χ1) is 22.1. The predicted octanol–water partition coefficient (Wildman–Crippen LogP) is 7.48. The molecule has 0 fully saturated rings. The van der Waals surface area contributed by atoms with Gasteiger partial charge in [0.15, 0.2) is 23.9 Å². The van der Waals surface area contributed by atoms with Gasteiger partial charge in [-0.1, -0.05) is 43.7 Å². The highest BCUT2D eigenvalue weighted by atomic mass is 79.9. The monoisotopic (exact) mass is 682 g/mol. The van der Waals surface area contributed by atoms with E-state index in [1.165, 1.54) is 11.8 Å². The van der Waals surface area contributed by atoms with Crippen molar-refractivity contribution >= 4 is 44.6 Å². The smallest absolute Gasteiger partial charge is 0.282 e. The Kier molecular flexibility index (Phi) is 9.87. The fourth-order valence-electron chi connectivity index (χ4n) is 4.99. The number of hydrogen-bond donors (Lipinski definition) is 1. The number of carbonyl (C=O) groups excluding carboxylic acids is 1. The first-order valence-electron chi connectivity index (χ1n) is 14.7. The van der Waals surface area contributed by atoms with Crippen molar-refractivity contribution in [3.8, 4) is 28.6 Å². The highest BCUT2D eigenvalue weighted by Gasteiger charge is 2.19. The number of fused-ring (bicyclic) bond motifs is 1. The van der Waals surface area contributed by atoms with E-state index in [-0.39, 0.29) is 24.0 Å². The van der Waals surface area contributed by atoms with Gasteiger partial charge in [-0.05, 0) is 95.4 Å². The number of amides is 1. The van der Waals surface area contributed by atoms with Gasteiger partial charge < -0.3 is 19.5 Å². The molecule has 5 aromatic rings. The molecule has 46 heavy (non-hydrogen) atoms. The van der Waals surface area contributed by atoms with Gasteiger partial charge >= 0.3 is 0 Å². The van der Waals surface area contributed by atoms with E-state index in [0.29, 0.717) is 43.9 Å². The molecule has 0 aliphatic carbocycles. The molecule has 0 aliphatic heterocycles. The van der Waals surface area contributed by atoms with Gasteiger partial charge in [-0.25, -0.2) is 4.98 Å². The van der Waals surface area contributed by atoms with Crippen molar-refractivity contribution in [3.63, 3.8) is 0 Å². The Bertz CT molecular complexity index is 2000. The van der Waals surface area contributed by atoms with Gasteiger partial charge in [0.2, 0.25) is 0 Å². The molecule has 0 saturated carbocycles. The maximum atomic E-state index is 13.8. The van der Waals surface area contributed by atoms with E-state index >= 15 is 0 Å². The lowest BCUT2D eigenvalue weighted by atomic mass is 9.96. The lowest BCUT2D eigenvalue weighted by molar-refractivity contribution is -0.118. The SMILES string of the molecule is COc1cc(C=Nn2c(-c3cc(C(C)C)c(OC)cc3C)nc3ccccc3c2=O)c(Br)cc1OCC(=O)Nc1ccc(C)cc1. The molecule has 0 unspecified atom stereocenters. The average molecular weight is 684 g/mol. The zero-order valence-electron chi connectivity index (χ0n) is 26.6. The fraction of sp³-hybridized carbons (Fsp3) is 0.222. The highest BCUT2D eigenvalue weighted by Crippen LogP contribution is 2.35. The molecule has 1 heterocycles. The largest absolute Gasteiger partial charge is 0.496 e. The maximum absolute atomic E-state index is 13.8. The number of nitrogens with one attached hydrogen (secondary N) is 1. The van der Waals surface area contributed by atoms with E-state index in [1.54, 1.807) is 37.6 Å². The molecule has 236 valence electrons. The second-order valence-electron chi connectivity index (χ2n) is 11.1. The van der Waals surface area contributed by atoms with Crippen LogP contribution in [0.25, 0.3) is 22.3 Å². The molecule has 5 rings (SSSR count). The second-order valence-corrected chi connectivity index (χ2v) is 12.0. The Morgan fingerprint density at radius 1 is 0.978 bits per heavy atom. The third-order valence-corrected chi connectivity index (χ3v) is 8.17. The summed E-state index contributed by atoms with van der Waals surface area (Å²) in [5.74, 6) is 1.81. The quantitative estimate of drug-likeness (QED) is 0.153. The van der Waals surface area contributed by atoms with Crippen molar-refractivity contribution in [1.82, 2.24) is 9.66 Å². The number of methoxy groups -OCH3 is 2. The van der Waals surface area contributed by atoms with Crippen LogP contribution in [0, 0.1) is 13.8 Å². The Labute approximate surface area is 276 Å². The molecular formula is C36H35BrN4O5. The van der Waals surface area contributed by atoms with Crippen molar-refractivity contribution in [2.24, 2.45) is 5.10 Å². The Balaban J connectivity index is 1.50. The van der Waals surface area contributed by atoms with Gasteiger partial charge in [-0.2, -0.15) is 9.78 Å². The number of carbonyl (C=O) groups is 1. The van der Waals surface area contributed by atoms with Gasteiger partial charge in [0.1, 0.15) is 5.75 Å². The van der Waals surface area contributed by atoms with Crippen LogP contribution >= 0.6 is 15.9 Å². The number of nitrogens with zero attached hydrogens (tertiary/aromatic N) is 3. The molecule has 0 radical (unpaired) electrons. The molecule has 0 saturated heterocycles. The molecular weight excluding hydrogens is 648 g/mol. The normalized spacial score (nSPS) is 11.3. The predicted molar refractivity (Wildman–Crippen MR) is 186 cm³/mol. The number of ether oxygens (including phenoxy) is 3. The first kappa shape index (κ1) is 32.4. The number of rotatable bonds is 10. The summed E-state index contributed by atoms with van der Waals surface area (Å²) < 4.78 is 19.0. The summed E-state index contributed by atoms with van der Waals surface area (Å²) in [6, 6.07) is 22.1. The Hall–Kier alpha value is -4.96. The van der Waals surface area contributed by atoms with Gasteiger partial charge in [0.25, 0.3) is 11.5 Å². The molecule has 0 spiro atoms. The minimum absolute atomic E-state index is 0.177. The summed E-state index contributed by atoms with van der Waals surface area (Å²) in [5, 5.41) is 7.91. The van der Waals surface area contributed by atoms with E-state index in [4.69, 9.17) is 19.2 Å². The molecule has 0 aliphatic rings. The molecule has 1 aromatic heterocycles. The van der Waals surface area contributed by atoms with E-state index in [2.05, 4.69) is 40.2 Å². The topological polar surface area (TPSA) is 104 Å². The van der Waals surface area contributed by atoms with E-state index in [9.17, 15) is 9.59 Å². The second kappa shape index (κ2) is 14.0. The van der Waals surface area contributed by atoms with E-state index in [1.807, 2.05) is 62.4 Å². The van der Waals surface area contributed by atoms with Gasteiger partial charge in [0.05, 0.1) is 31.3 Å². The molecule has 1 N–H and O–H groups in total. The van der Waals surface area contributed by atoms with Crippen molar-refractivity contribution in [2.75, 3.05) is 26.1 Å². The number of aryl methyl sites for hydroxylation is 2. The third kappa shape index (κ3) is 6.97. The number of benzene rings is 4. The van der Waals surface area contributed by atoms with Crippen molar-refractivity contribution in [2.45, 2.75) is 33.6 Å². The van der Waals surface area contributed by atoms with E-state index in [0.717, 1.165) is 28.0 Å². The molecule has 4 aromatic carbocycles. The van der Waals surface area contributed by atoms with Crippen LogP contribution < -0.4 is 25.1 Å². The molecule has 0 atom stereocenters. The minimum Gasteiger partial charge on any atom is -0.496 e. The summed E-state index contributed by atoms with van der Waals surface area (Å²) in [6.45, 7) is 7.90. The molecule has 9 nitrogen and oxygen atoms in total. The summed E-state index contributed by atoms with van der Waals surface area (Å²) in [5.41, 5.74) is 5.33. The zero-order chi connectivity index (χ0) is 33.0. The number of halogens is 1. The van der Waals surface area contributed by atoms with Crippen LogP contribution in [0.2, 0.25) is 0 Å². The van der Waals surface area contributed by atoms with Crippen LogP contribution in [0.4, 0.5) is 5.69 Å². The van der Waals surface area contributed by atoms with Gasteiger partial charge in [-0.15, -0.1) is 0 Å². The molecule has 10 heteroatoms. The number of anilines is 1. The van der Waals surface area contributed by atoms with Crippen molar-refractivity contribution in [1.29, 1.82) is 0 Å². The van der Waals surface area contributed by atoms with Crippen LogP contribution in [-0.2, 0) is 4.79 Å². The van der Waals surface area contributed by atoms with Crippen molar-refractivity contribution in [3.05, 3.63) is 110 Å². The maximum Gasteiger partial charge on any atom is 0.282 e. The first-order valence-corrected chi connectivity index (χ1v) is 15.5.